The molecule has 0 fully saturated rings. The Hall–Kier alpha value is -1.10. The topological polar surface area (TPSA) is 50.2 Å². The Kier molecular flexibility index (Phi) is 1.95. The van der Waals surface area contributed by atoms with Crippen LogP contribution in [-0.2, 0) is 6.42 Å². The van der Waals surface area contributed by atoms with Gasteiger partial charge in [-0.05, 0) is 22.0 Å². The van der Waals surface area contributed by atoms with Gasteiger partial charge >= 0.3 is 0 Å². The zero-order chi connectivity index (χ0) is 9.42. The summed E-state index contributed by atoms with van der Waals surface area (Å²) < 4.78 is 2.45. The maximum Gasteiger partial charge on any atom is 0.275 e. The van der Waals surface area contributed by atoms with Crippen LogP contribution in [0.15, 0.2) is 21.5 Å². The molecule has 0 amide bonds. The minimum absolute atomic E-state index is 0.0995. The van der Waals surface area contributed by atoms with E-state index < -0.39 is 0 Å². The maximum absolute atomic E-state index is 11.4. The van der Waals surface area contributed by atoms with Gasteiger partial charge in [-0.15, -0.1) is 0 Å². The highest BCUT2D eigenvalue weighted by molar-refractivity contribution is 9.10. The van der Waals surface area contributed by atoms with Gasteiger partial charge in [0.25, 0.3) is 5.56 Å². The fraction of sp³-hybridized carbons (Fsp3) is 0.250. The van der Waals surface area contributed by atoms with Crippen molar-refractivity contribution >= 4 is 21.4 Å². The molecule has 0 saturated heterocycles. The Bertz CT molecular complexity index is 500. The summed E-state index contributed by atoms with van der Waals surface area (Å²) in [5.74, 6) is 0.695. The van der Waals surface area contributed by atoms with Crippen molar-refractivity contribution in [2.75, 3.05) is 0 Å². The summed E-state index contributed by atoms with van der Waals surface area (Å²) in [6, 6.07) is 1.74. The van der Waals surface area contributed by atoms with E-state index in [0.717, 1.165) is 10.9 Å². The highest BCUT2D eigenvalue weighted by Gasteiger charge is 2.03. The fourth-order valence-corrected chi connectivity index (χ4v) is 1.59. The van der Waals surface area contributed by atoms with Gasteiger partial charge in [-0.1, -0.05) is 6.92 Å². The SMILES string of the molecule is CCc1nn2cc(Br)cc2c(=O)[nH]1. The van der Waals surface area contributed by atoms with Crippen LogP contribution in [0.4, 0.5) is 0 Å². The second kappa shape index (κ2) is 2.99. The van der Waals surface area contributed by atoms with E-state index in [2.05, 4.69) is 26.0 Å². The average molecular weight is 242 g/mol. The molecule has 2 rings (SSSR count). The molecule has 0 aliphatic carbocycles. The van der Waals surface area contributed by atoms with Crippen molar-refractivity contribution in [3.63, 3.8) is 0 Å². The van der Waals surface area contributed by atoms with Crippen molar-refractivity contribution in [1.82, 2.24) is 14.6 Å². The van der Waals surface area contributed by atoms with E-state index >= 15 is 0 Å². The van der Waals surface area contributed by atoms with Gasteiger partial charge in [-0.2, -0.15) is 5.10 Å². The van der Waals surface area contributed by atoms with Crippen molar-refractivity contribution in [2.24, 2.45) is 0 Å². The molecular weight excluding hydrogens is 234 g/mol. The third-order valence-electron chi connectivity index (χ3n) is 1.82. The van der Waals surface area contributed by atoms with Gasteiger partial charge in [0.1, 0.15) is 11.3 Å². The number of nitrogens with zero attached hydrogens (tertiary/aromatic N) is 2. The van der Waals surface area contributed by atoms with Crippen LogP contribution < -0.4 is 5.56 Å². The Morgan fingerprint density at radius 2 is 2.46 bits per heavy atom. The number of nitrogens with one attached hydrogen (secondary N) is 1. The highest BCUT2D eigenvalue weighted by atomic mass is 79.9. The van der Waals surface area contributed by atoms with E-state index in [9.17, 15) is 4.79 Å². The zero-order valence-electron chi connectivity index (χ0n) is 7.04. The number of fused-ring (bicyclic) bond motifs is 1. The van der Waals surface area contributed by atoms with E-state index in [4.69, 9.17) is 0 Å². The van der Waals surface area contributed by atoms with Crippen LogP contribution in [0.5, 0.6) is 0 Å². The number of aryl methyl sites for hydroxylation is 1. The molecule has 0 radical (unpaired) electrons. The number of rotatable bonds is 1. The van der Waals surface area contributed by atoms with Crippen LogP contribution in [0, 0.1) is 0 Å². The number of hydrogen-bond donors (Lipinski definition) is 1. The van der Waals surface area contributed by atoms with Crippen molar-refractivity contribution < 1.29 is 0 Å². The Balaban J connectivity index is 2.83. The number of halogens is 1. The van der Waals surface area contributed by atoms with Crippen molar-refractivity contribution in [3.05, 3.63) is 32.9 Å². The van der Waals surface area contributed by atoms with Crippen LogP contribution >= 0.6 is 15.9 Å². The molecule has 1 N–H and O–H groups in total. The first-order chi connectivity index (χ1) is 6.20. The Morgan fingerprint density at radius 1 is 1.69 bits per heavy atom. The lowest BCUT2D eigenvalue weighted by Gasteiger charge is -1.96. The second-order valence-electron chi connectivity index (χ2n) is 2.74. The van der Waals surface area contributed by atoms with Crippen LogP contribution in [-0.4, -0.2) is 14.6 Å². The average Bonchev–Trinajstić information content (AvgIpc) is 2.46. The number of aromatic amines is 1. The summed E-state index contributed by atoms with van der Waals surface area (Å²) in [6.45, 7) is 1.95. The van der Waals surface area contributed by atoms with Crippen LogP contribution in [0.1, 0.15) is 12.7 Å². The lowest BCUT2D eigenvalue weighted by Crippen LogP contribution is -2.14. The van der Waals surface area contributed by atoms with Gasteiger partial charge in [0.2, 0.25) is 0 Å². The minimum Gasteiger partial charge on any atom is -0.307 e. The summed E-state index contributed by atoms with van der Waals surface area (Å²) in [6.07, 6.45) is 2.49. The van der Waals surface area contributed by atoms with Gasteiger partial charge in [-0.3, -0.25) is 4.79 Å². The molecule has 0 spiro atoms. The van der Waals surface area contributed by atoms with Crippen LogP contribution in [0.2, 0.25) is 0 Å². The molecule has 68 valence electrons. The number of aromatic nitrogens is 3. The smallest absolute Gasteiger partial charge is 0.275 e. The number of H-pyrrole nitrogens is 1. The Morgan fingerprint density at radius 3 is 3.15 bits per heavy atom. The largest absolute Gasteiger partial charge is 0.307 e. The maximum atomic E-state index is 11.4. The van der Waals surface area contributed by atoms with E-state index in [1.807, 2.05) is 6.92 Å². The van der Waals surface area contributed by atoms with Crippen molar-refractivity contribution in [3.8, 4) is 0 Å². The third-order valence-corrected chi connectivity index (χ3v) is 2.25. The molecule has 0 aliphatic heterocycles. The molecule has 0 aromatic carbocycles. The molecule has 2 aromatic rings. The van der Waals surface area contributed by atoms with E-state index in [1.54, 1.807) is 16.8 Å². The third kappa shape index (κ3) is 1.39. The zero-order valence-corrected chi connectivity index (χ0v) is 8.63. The standard InChI is InChI=1S/C8H8BrN3O/c1-2-7-10-8(13)6-3-5(9)4-12(6)11-7/h3-4H,2H2,1H3,(H,10,11,13). The summed E-state index contributed by atoms with van der Waals surface area (Å²) in [7, 11) is 0. The molecule has 0 saturated carbocycles. The summed E-state index contributed by atoms with van der Waals surface area (Å²) in [5.41, 5.74) is 0.460. The molecular formula is C8H8BrN3O. The quantitative estimate of drug-likeness (QED) is 0.820. The molecule has 4 nitrogen and oxygen atoms in total. The lowest BCUT2D eigenvalue weighted by molar-refractivity contribution is 0.799. The first-order valence-corrected chi connectivity index (χ1v) is 4.77. The molecule has 5 heteroatoms. The lowest BCUT2D eigenvalue weighted by atomic mass is 10.4. The molecule has 2 heterocycles. The first-order valence-electron chi connectivity index (χ1n) is 3.98. The molecule has 13 heavy (non-hydrogen) atoms. The normalized spacial score (nSPS) is 10.9. The molecule has 2 aromatic heterocycles. The summed E-state index contributed by atoms with van der Waals surface area (Å²) in [5, 5.41) is 4.21. The first kappa shape index (κ1) is 8.50. The van der Waals surface area contributed by atoms with Gasteiger partial charge in [-0.25, -0.2) is 4.52 Å². The van der Waals surface area contributed by atoms with E-state index in [1.165, 1.54) is 0 Å². The highest BCUT2D eigenvalue weighted by Crippen LogP contribution is 2.11. The summed E-state index contributed by atoms with van der Waals surface area (Å²) in [4.78, 5) is 14.1. The van der Waals surface area contributed by atoms with Gasteiger partial charge in [0.05, 0.1) is 0 Å². The molecule has 0 unspecified atom stereocenters. The number of hydrogen-bond acceptors (Lipinski definition) is 2. The second-order valence-corrected chi connectivity index (χ2v) is 3.66. The van der Waals surface area contributed by atoms with Crippen molar-refractivity contribution in [2.45, 2.75) is 13.3 Å². The van der Waals surface area contributed by atoms with Gasteiger partial charge in [0, 0.05) is 17.1 Å². The van der Waals surface area contributed by atoms with E-state index in [-0.39, 0.29) is 5.56 Å². The minimum atomic E-state index is -0.0995. The molecule has 0 aliphatic rings. The van der Waals surface area contributed by atoms with Gasteiger partial charge in [0.15, 0.2) is 0 Å². The van der Waals surface area contributed by atoms with Crippen LogP contribution in [0.25, 0.3) is 5.52 Å². The monoisotopic (exact) mass is 241 g/mol. The fourth-order valence-electron chi connectivity index (χ4n) is 1.18. The Labute approximate surface area is 82.7 Å². The van der Waals surface area contributed by atoms with Gasteiger partial charge < -0.3 is 4.98 Å². The molecule has 0 atom stereocenters. The summed E-state index contributed by atoms with van der Waals surface area (Å²) >= 11 is 3.29. The van der Waals surface area contributed by atoms with Crippen LogP contribution in [0.3, 0.4) is 0 Å². The molecule has 0 bridgehead atoms. The predicted molar refractivity (Wildman–Crippen MR) is 52.9 cm³/mol. The predicted octanol–water partition coefficient (Wildman–Crippen LogP) is 1.35. The van der Waals surface area contributed by atoms with Crippen molar-refractivity contribution in [1.29, 1.82) is 0 Å². The van der Waals surface area contributed by atoms with E-state index in [0.29, 0.717) is 11.3 Å².